The number of carbonyl (C=O) groups excluding carboxylic acids is 1. The van der Waals surface area contributed by atoms with Gasteiger partial charge in [0.05, 0.1) is 30.8 Å². The number of carboxylic acids is 2. The van der Waals surface area contributed by atoms with Crippen molar-refractivity contribution in [3.8, 4) is 0 Å². The molecule has 0 aromatic rings. The number of hydrogen-bond donors (Lipinski definition) is 10. The van der Waals surface area contributed by atoms with Crippen molar-refractivity contribution < 1.29 is 93.9 Å². The maximum atomic E-state index is 13.8. The topological polar surface area (TPSA) is 309 Å². The average Bonchev–Trinajstić information content (AvgIpc) is 3.25. The van der Waals surface area contributed by atoms with Crippen molar-refractivity contribution in [1.82, 2.24) is 0 Å². The second kappa shape index (κ2) is 17.3. The number of aliphatic hydroxyl groups excluding tert-OH is 8. The van der Waals surface area contributed by atoms with Gasteiger partial charge in [0.15, 0.2) is 25.0 Å². The van der Waals surface area contributed by atoms with Gasteiger partial charge in [-0.15, -0.1) is 0 Å². The lowest BCUT2D eigenvalue weighted by molar-refractivity contribution is -0.387. The Balaban J connectivity index is 1.07. The highest BCUT2D eigenvalue weighted by Gasteiger charge is 2.70. The summed E-state index contributed by atoms with van der Waals surface area (Å²) in [7, 11) is 0. The van der Waals surface area contributed by atoms with Gasteiger partial charge in [-0.05, 0) is 99.2 Å². The van der Waals surface area contributed by atoms with E-state index in [1.54, 1.807) is 6.92 Å². The Hall–Kier alpha value is -2.21. The summed E-state index contributed by atoms with van der Waals surface area (Å²) < 4.78 is 35.9. The lowest BCUT2D eigenvalue weighted by Crippen LogP contribution is -2.68. The standard InChI is InChI=1S/C47H72O19/c1-20-28(51)30(53)33(56)38(62-20)65-35-29(52)23(49)18-61-39(35)66-36-32(55)31(54)34(37(57)58)64-40(36)63-27-11-12-44(4)24(45(27,5)19-48)10-13-47(7)25(44)9-8-21-22-16-42(2,41(59)60)17-26(50)43(22,3)14-15-46(21,47)6/h8,20,22-25,27-36,38-40,48-49,51-56H,9-19H2,1-7H3,(H,57,58)(H,59,60). The summed E-state index contributed by atoms with van der Waals surface area (Å²) in [5, 5.41) is 108. The van der Waals surface area contributed by atoms with E-state index < -0.39 is 127 Å². The summed E-state index contributed by atoms with van der Waals surface area (Å²) in [6.45, 7) is 13.1. The predicted octanol–water partition coefficient (Wildman–Crippen LogP) is 0.617. The number of aliphatic carboxylic acids is 2. The van der Waals surface area contributed by atoms with Crippen molar-refractivity contribution in [2.75, 3.05) is 13.2 Å². The van der Waals surface area contributed by atoms with Crippen molar-refractivity contribution in [2.24, 2.45) is 50.2 Å². The maximum absolute atomic E-state index is 13.8. The summed E-state index contributed by atoms with van der Waals surface area (Å²) in [4.78, 5) is 38.8. The Bertz CT molecular complexity index is 1920. The molecule has 374 valence electrons. The number of hydrogen-bond acceptors (Lipinski definition) is 17. The molecule has 5 aliphatic carbocycles. The van der Waals surface area contributed by atoms with E-state index in [1.807, 2.05) is 13.8 Å². The minimum atomic E-state index is -2.05. The molecule has 3 saturated heterocycles. The van der Waals surface area contributed by atoms with Gasteiger partial charge in [-0.2, -0.15) is 0 Å². The Morgan fingerprint density at radius 3 is 2.06 bits per heavy atom. The Morgan fingerprint density at radius 1 is 0.742 bits per heavy atom. The van der Waals surface area contributed by atoms with E-state index in [2.05, 4.69) is 26.8 Å². The smallest absolute Gasteiger partial charge is 0.335 e. The lowest BCUT2D eigenvalue weighted by atomic mass is 9.33. The van der Waals surface area contributed by atoms with Gasteiger partial charge < -0.3 is 79.5 Å². The predicted molar refractivity (Wildman–Crippen MR) is 226 cm³/mol. The molecule has 10 N–H and O–H groups in total. The fourth-order valence-corrected chi connectivity index (χ4v) is 14.6. The number of Topliss-reactive ketones (excluding diaryl/α,β-unsaturated/α-hetero) is 1. The molecule has 24 atom stereocenters. The van der Waals surface area contributed by atoms with E-state index in [4.69, 9.17) is 28.4 Å². The number of carboxylic acid groups (broad SMARTS) is 2. The van der Waals surface area contributed by atoms with Crippen LogP contribution < -0.4 is 0 Å². The highest BCUT2D eigenvalue weighted by molar-refractivity contribution is 5.92. The van der Waals surface area contributed by atoms with Gasteiger partial charge in [-0.25, -0.2) is 4.79 Å². The van der Waals surface area contributed by atoms with Gasteiger partial charge in [0.2, 0.25) is 0 Å². The normalized spacial score (nSPS) is 55.1. The molecule has 0 bridgehead atoms. The minimum Gasteiger partial charge on any atom is -0.481 e. The summed E-state index contributed by atoms with van der Waals surface area (Å²) >= 11 is 0. The van der Waals surface area contributed by atoms with Crippen molar-refractivity contribution >= 4 is 17.7 Å². The van der Waals surface area contributed by atoms with Crippen LogP contribution in [0.25, 0.3) is 0 Å². The number of allylic oxidation sites excluding steroid dienone is 2. The number of fused-ring (bicyclic) bond motifs is 7. The van der Waals surface area contributed by atoms with Crippen LogP contribution in [0.4, 0.5) is 0 Å². The van der Waals surface area contributed by atoms with Gasteiger partial charge in [0.25, 0.3) is 0 Å². The van der Waals surface area contributed by atoms with E-state index in [0.29, 0.717) is 38.5 Å². The summed E-state index contributed by atoms with van der Waals surface area (Å²) in [6, 6.07) is 0. The lowest BCUT2D eigenvalue weighted by Gasteiger charge is -2.71. The second-order valence-electron chi connectivity index (χ2n) is 22.6. The average molecular weight is 941 g/mol. The molecule has 66 heavy (non-hydrogen) atoms. The molecule has 3 aliphatic heterocycles. The summed E-state index contributed by atoms with van der Waals surface area (Å²) in [5.74, 6) is -2.76. The molecule has 8 aliphatic rings. The molecule has 0 aromatic carbocycles. The molecule has 0 spiro atoms. The van der Waals surface area contributed by atoms with Crippen LogP contribution in [-0.4, -0.2) is 174 Å². The van der Waals surface area contributed by atoms with Crippen LogP contribution in [-0.2, 0) is 42.8 Å². The zero-order valence-electron chi connectivity index (χ0n) is 38.9. The molecule has 19 heteroatoms. The van der Waals surface area contributed by atoms with Crippen molar-refractivity contribution in [3.05, 3.63) is 11.6 Å². The molecule has 0 amide bonds. The van der Waals surface area contributed by atoms with Crippen molar-refractivity contribution in [3.63, 3.8) is 0 Å². The first-order valence-corrected chi connectivity index (χ1v) is 23.7. The molecule has 19 nitrogen and oxygen atoms in total. The van der Waals surface area contributed by atoms with Gasteiger partial charge in [0.1, 0.15) is 60.7 Å². The van der Waals surface area contributed by atoms with Crippen molar-refractivity contribution in [2.45, 2.75) is 198 Å². The fraction of sp³-hybridized carbons (Fsp3) is 0.894. The highest BCUT2D eigenvalue weighted by Crippen LogP contribution is 2.75. The van der Waals surface area contributed by atoms with Crippen LogP contribution in [0.3, 0.4) is 0 Å². The number of carbonyl (C=O) groups is 3. The van der Waals surface area contributed by atoms with Crippen molar-refractivity contribution in [1.29, 1.82) is 0 Å². The Morgan fingerprint density at radius 2 is 1.41 bits per heavy atom. The second-order valence-corrected chi connectivity index (χ2v) is 22.6. The van der Waals surface area contributed by atoms with E-state index in [9.17, 15) is 65.4 Å². The van der Waals surface area contributed by atoms with Crippen LogP contribution >= 0.6 is 0 Å². The zero-order chi connectivity index (χ0) is 48.4. The van der Waals surface area contributed by atoms with E-state index in [1.165, 1.54) is 12.5 Å². The zero-order valence-corrected chi connectivity index (χ0v) is 38.9. The van der Waals surface area contributed by atoms with Crippen LogP contribution in [0, 0.1) is 50.2 Å². The molecule has 7 fully saturated rings. The number of ether oxygens (including phenoxy) is 6. The third kappa shape index (κ3) is 7.47. The summed E-state index contributed by atoms with van der Waals surface area (Å²) in [5.41, 5.74) is -2.51. The third-order valence-corrected chi connectivity index (χ3v) is 19.2. The molecular formula is C47H72O19. The van der Waals surface area contributed by atoms with Crippen LogP contribution in [0.15, 0.2) is 11.6 Å². The van der Waals surface area contributed by atoms with E-state index in [-0.39, 0.29) is 52.8 Å². The first-order chi connectivity index (χ1) is 30.7. The SMILES string of the molecule is CC1OC(OC2C(OC3C(OC4CCC5(C)C(CCC6(C)C5CC=C5C7CC(C)(C(=O)O)CC(=O)C7(C)CCC56C)C4(C)CO)OC(C(=O)O)C(O)C3O)OCC(O)C2O)C(O)C(O)C1O. The third-order valence-electron chi connectivity index (χ3n) is 19.2. The number of rotatable bonds is 9. The van der Waals surface area contributed by atoms with Gasteiger partial charge in [0, 0.05) is 17.3 Å². The number of ketones is 1. The minimum absolute atomic E-state index is 0.0134. The molecule has 24 unspecified atom stereocenters. The van der Waals surface area contributed by atoms with Crippen LogP contribution in [0.2, 0.25) is 0 Å². The maximum Gasteiger partial charge on any atom is 0.335 e. The van der Waals surface area contributed by atoms with Gasteiger partial charge in [-0.3, -0.25) is 9.59 Å². The van der Waals surface area contributed by atoms with Crippen LogP contribution in [0.1, 0.15) is 106 Å². The first-order valence-electron chi connectivity index (χ1n) is 23.7. The molecular weight excluding hydrogens is 868 g/mol. The largest absolute Gasteiger partial charge is 0.481 e. The monoisotopic (exact) mass is 940 g/mol. The molecule has 0 radical (unpaired) electrons. The highest BCUT2D eigenvalue weighted by atomic mass is 16.8. The van der Waals surface area contributed by atoms with Crippen LogP contribution in [0.5, 0.6) is 0 Å². The van der Waals surface area contributed by atoms with Gasteiger partial charge >= 0.3 is 11.9 Å². The molecule has 3 heterocycles. The molecule has 4 saturated carbocycles. The molecule has 0 aromatic heterocycles. The number of aliphatic hydroxyl groups is 8. The first kappa shape index (κ1) is 50.2. The fourth-order valence-electron chi connectivity index (χ4n) is 14.6. The van der Waals surface area contributed by atoms with E-state index >= 15 is 0 Å². The summed E-state index contributed by atoms with van der Waals surface area (Å²) in [6.07, 6.45) is -17.4. The Kier molecular flexibility index (Phi) is 13.1. The van der Waals surface area contributed by atoms with Gasteiger partial charge in [-0.1, -0.05) is 46.3 Å². The molecule has 8 rings (SSSR count). The Labute approximate surface area is 384 Å². The van der Waals surface area contributed by atoms with E-state index in [0.717, 1.165) is 12.8 Å². The quantitative estimate of drug-likeness (QED) is 0.112.